The Kier molecular flexibility index (Phi) is 6.43. The topological polar surface area (TPSA) is 111 Å². The van der Waals surface area contributed by atoms with E-state index in [4.69, 9.17) is 0 Å². The number of nitrogens with zero attached hydrogens (tertiary/aromatic N) is 3. The predicted octanol–water partition coefficient (Wildman–Crippen LogP) is 1.35. The van der Waals surface area contributed by atoms with Crippen LogP contribution in [0.25, 0.3) is 0 Å². The number of amides is 2. The normalized spacial score (nSPS) is 17.5. The van der Waals surface area contributed by atoms with Gasteiger partial charge in [-0.2, -0.15) is 0 Å². The van der Waals surface area contributed by atoms with Crippen molar-refractivity contribution in [3.63, 3.8) is 0 Å². The number of hydrogen-bond donors (Lipinski definition) is 2. The quantitative estimate of drug-likeness (QED) is 0.681. The van der Waals surface area contributed by atoms with Gasteiger partial charge in [0.05, 0.1) is 10.6 Å². The smallest absolute Gasteiger partial charge is 0.290 e. The molecule has 174 valence electrons. The highest BCUT2D eigenvalue weighted by molar-refractivity contribution is 7.89. The number of benzene rings is 2. The number of nitrogens with one attached hydrogen (secondary N) is 2. The molecular weight excluding hydrogens is 449 g/mol. The molecule has 0 atom stereocenters. The SMILES string of the molecule is Cc1ccc(N2NC(C(=O)N3CCC(NS(=O)(=O)c4ccc(F)cc4)CC3)=NCC2=O)cc1. The monoisotopic (exact) mass is 473 g/mol. The lowest BCUT2D eigenvalue weighted by atomic mass is 10.1. The Balaban J connectivity index is 1.35. The van der Waals surface area contributed by atoms with E-state index in [1.54, 1.807) is 17.0 Å². The number of carbonyl (C=O) groups is 2. The fourth-order valence-corrected chi connectivity index (χ4v) is 5.00. The van der Waals surface area contributed by atoms with E-state index in [1.807, 2.05) is 19.1 Å². The molecule has 2 aromatic carbocycles. The standard InChI is InChI=1S/C22H24FN5O4S/c1-15-2-6-18(7-3-15)28-20(29)14-24-21(25-28)22(30)27-12-10-17(11-13-27)26-33(31,32)19-8-4-16(23)5-9-19/h2-9,17,26H,10-14H2,1H3,(H,24,25). The van der Waals surface area contributed by atoms with Gasteiger partial charge in [-0.25, -0.2) is 22.5 Å². The largest absolute Gasteiger partial charge is 0.336 e. The van der Waals surface area contributed by atoms with Gasteiger partial charge < -0.3 is 4.90 Å². The number of aryl methyl sites for hydroxylation is 1. The maximum absolute atomic E-state index is 13.1. The fraction of sp³-hybridized carbons (Fsp3) is 0.318. The number of rotatable bonds is 5. The molecule has 0 bridgehead atoms. The molecule has 2 amide bonds. The second-order valence-electron chi connectivity index (χ2n) is 7.98. The third-order valence-electron chi connectivity index (χ3n) is 5.56. The Bertz CT molecular complexity index is 1170. The summed E-state index contributed by atoms with van der Waals surface area (Å²) in [6.45, 7) is 2.45. The van der Waals surface area contributed by atoms with Gasteiger partial charge in [0.15, 0.2) is 0 Å². The van der Waals surface area contributed by atoms with Crippen molar-refractivity contribution in [1.29, 1.82) is 0 Å². The predicted molar refractivity (Wildman–Crippen MR) is 120 cm³/mol. The van der Waals surface area contributed by atoms with Crippen LogP contribution in [0.2, 0.25) is 0 Å². The average Bonchev–Trinajstić information content (AvgIpc) is 2.80. The number of aliphatic imine (C=N–C) groups is 1. The average molecular weight is 474 g/mol. The van der Waals surface area contributed by atoms with Crippen LogP contribution >= 0.6 is 0 Å². The Morgan fingerprint density at radius 2 is 1.73 bits per heavy atom. The number of anilines is 1. The van der Waals surface area contributed by atoms with Crippen molar-refractivity contribution < 1.29 is 22.4 Å². The van der Waals surface area contributed by atoms with Gasteiger partial charge >= 0.3 is 0 Å². The summed E-state index contributed by atoms with van der Waals surface area (Å²) in [5.74, 6) is -1.06. The number of sulfonamides is 1. The maximum Gasteiger partial charge on any atom is 0.290 e. The first-order valence-electron chi connectivity index (χ1n) is 10.5. The minimum atomic E-state index is -3.78. The van der Waals surface area contributed by atoms with E-state index >= 15 is 0 Å². The third-order valence-corrected chi connectivity index (χ3v) is 7.10. The zero-order chi connectivity index (χ0) is 23.6. The zero-order valence-corrected chi connectivity index (χ0v) is 18.8. The van der Waals surface area contributed by atoms with Crippen molar-refractivity contribution in [3.05, 3.63) is 59.9 Å². The molecule has 0 radical (unpaired) electrons. The molecule has 2 N–H and O–H groups in total. The highest BCUT2D eigenvalue weighted by Gasteiger charge is 2.32. The lowest BCUT2D eigenvalue weighted by Crippen LogP contribution is -2.57. The van der Waals surface area contributed by atoms with Gasteiger partial charge in [-0.3, -0.25) is 20.0 Å². The molecule has 4 rings (SSSR count). The van der Waals surface area contributed by atoms with Crippen LogP contribution < -0.4 is 15.2 Å². The van der Waals surface area contributed by atoms with Crippen LogP contribution in [-0.2, 0) is 19.6 Å². The first-order chi connectivity index (χ1) is 15.7. The molecule has 33 heavy (non-hydrogen) atoms. The number of carbonyl (C=O) groups excluding carboxylic acids is 2. The Hall–Kier alpha value is -3.31. The molecule has 2 heterocycles. The van der Waals surface area contributed by atoms with E-state index in [-0.39, 0.29) is 35.1 Å². The summed E-state index contributed by atoms with van der Waals surface area (Å²) in [5.41, 5.74) is 4.47. The van der Waals surface area contributed by atoms with Crippen LogP contribution in [0.3, 0.4) is 0 Å². The van der Waals surface area contributed by atoms with Gasteiger partial charge in [-0.1, -0.05) is 17.7 Å². The Morgan fingerprint density at radius 1 is 1.09 bits per heavy atom. The molecule has 0 unspecified atom stereocenters. The molecule has 2 aromatic rings. The van der Waals surface area contributed by atoms with Gasteiger partial charge in [0.2, 0.25) is 15.9 Å². The highest BCUT2D eigenvalue weighted by atomic mass is 32.2. The number of likely N-dealkylation sites (tertiary alicyclic amines) is 1. The summed E-state index contributed by atoms with van der Waals surface area (Å²) in [4.78, 5) is 30.9. The van der Waals surface area contributed by atoms with Crippen LogP contribution in [0.5, 0.6) is 0 Å². The van der Waals surface area contributed by atoms with Crippen LogP contribution in [0.1, 0.15) is 18.4 Å². The summed E-state index contributed by atoms with van der Waals surface area (Å²) in [5, 5.41) is 1.31. The minimum Gasteiger partial charge on any atom is -0.336 e. The minimum absolute atomic E-state index is 0.0102. The molecule has 9 nitrogen and oxygen atoms in total. The summed E-state index contributed by atoms with van der Waals surface area (Å²) in [6.07, 6.45) is 0.833. The van der Waals surface area contributed by atoms with E-state index in [2.05, 4.69) is 15.1 Å². The Labute approximate surface area is 191 Å². The number of hydrogen-bond acceptors (Lipinski definition) is 6. The summed E-state index contributed by atoms with van der Waals surface area (Å²) in [7, 11) is -3.78. The zero-order valence-electron chi connectivity index (χ0n) is 18.0. The van der Waals surface area contributed by atoms with Crippen LogP contribution in [0.15, 0.2) is 58.4 Å². The molecule has 11 heteroatoms. The van der Waals surface area contributed by atoms with Crippen molar-refractivity contribution in [3.8, 4) is 0 Å². The number of amidine groups is 1. The van der Waals surface area contributed by atoms with Crippen molar-refractivity contribution in [1.82, 2.24) is 15.0 Å². The lowest BCUT2D eigenvalue weighted by molar-refractivity contribution is -0.125. The fourth-order valence-electron chi connectivity index (χ4n) is 3.69. The van der Waals surface area contributed by atoms with E-state index in [0.717, 1.165) is 17.7 Å². The number of hydrazine groups is 1. The maximum atomic E-state index is 13.1. The molecular formula is C22H24FN5O4S. The van der Waals surface area contributed by atoms with E-state index in [0.29, 0.717) is 31.6 Å². The van der Waals surface area contributed by atoms with Crippen molar-refractivity contribution in [2.24, 2.45) is 4.99 Å². The molecule has 0 aliphatic carbocycles. The van der Waals surface area contributed by atoms with E-state index in [1.165, 1.54) is 17.1 Å². The van der Waals surface area contributed by atoms with Gasteiger partial charge in [-0.15, -0.1) is 0 Å². The first-order valence-corrected chi connectivity index (χ1v) is 12.0. The van der Waals surface area contributed by atoms with Crippen LogP contribution in [-0.4, -0.2) is 56.6 Å². The second-order valence-corrected chi connectivity index (χ2v) is 9.70. The third kappa shape index (κ3) is 5.20. The second kappa shape index (κ2) is 9.28. The van der Waals surface area contributed by atoms with Gasteiger partial charge in [-0.05, 0) is 56.2 Å². The molecule has 1 fully saturated rings. The highest BCUT2D eigenvalue weighted by Crippen LogP contribution is 2.18. The van der Waals surface area contributed by atoms with E-state index in [9.17, 15) is 22.4 Å². The first kappa shape index (κ1) is 22.9. The number of halogens is 1. The van der Waals surface area contributed by atoms with Crippen molar-refractivity contribution in [2.75, 3.05) is 24.6 Å². The lowest BCUT2D eigenvalue weighted by Gasteiger charge is -2.34. The van der Waals surface area contributed by atoms with Crippen molar-refractivity contribution >= 4 is 33.4 Å². The summed E-state index contributed by atoms with van der Waals surface area (Å²) < 4.78 is 40.7. The summed E-state index contributed by atoms with van der Waals surface area (Å²) >= 11 is 0. The number of piperidine rings is 1. The molecule has 0 saturated carbocycles. The summed E-state index contributed by atoms with van der Waals surface area (Å²) in [6, 6.07) is 11.6. The molecule has 2 aliphatic rings. The molecule has 0 aromatic heterocycles. The Morgan fingerprint density at radius 3 is 2.36 bits per heavy atom. The van der Waals surface area contributed by atoms with Gasteiger partial charge in [0.25, 0.3) is 11.8 Å². The molecule has 2 aliphatic heterocycles. The van der Waals surface area contributed by atoms with Gasteiger partial charge in [0, 0.05) is 19.1 Å². The van der Waals surface area contributed by atoms with Gasteiger partial charge in [0.1, 0.15) is 12.4 Å². The van der Waals surface area contributed by atoms with E-state index < -0.39 is 15.8 Å². The molecule has 0 spiro atoms. The van der Waals surface area contributed by atoms with Crippen LogP contribution in [0, 0.1) is 12.7 Å². The van der Waals surface area contributed by atoms with Crippen LogP contribution in [0.4, 0.5) is 10.1 Å². The molecule has 1 saturated heterocycles. The van der Waals surface area contributed by atoms with Crippen molar-refractivity contribution in [2.45, 2.75) is 30.7 Å².